The number of piperidine rings is 1. The molecule has 0 bridgehead atoms. The molecule has 0 N–H and O–H groups in total. The molecule has 1 aliphatic heterocycles. The van der Waals surface area contributed by atoms with E-state index in [9.17, 15) is 18.0 Å². The van der Waals surface area contributed by atoms with Crippen LogP contribution in [-0.4, -0.2) is 56.5 Å². The second-order valence-electron chi connectivity index (χ2n) is 8.18. The zero-order valence-electron chi connectivity index (χ0n) is 19.4. The molecule has 1 fully saturated rings. The molecule has 10 heteroatoms. The van der Waals surface area contributed by atoms with Gasteiger partial charge >= 0.3 is 6.09 Å². The smallest absolute Gasteiger partial charge is 0.415 e. The van der Waals surface area contributed by atoms with Crippen molar-refractivity contribution in [3.63, 3.8) is 0 Å². The lowest BCUT2D eigenvalue weighted by Gasteiger charge is -2.31. The van der Waals surface area contributed by atoms with Crippen LogP contribution in [0.1, 0.15) is 12.8 Å². The molecule has 2 aromatic carbocycles. The Morgan fingerprint density at radius 1 is 0.914 bits per heavy atom. The van der Waals surface area contributed by atoms with E-state index < -0.39 is 15.9 Å². The van der Waals surface area contributed by atoms with Crippen LogP contribution in [0.15, 0.2) is 76.6 Å². The lowest BCUT2D eigenvalue weighted by molar-refractivity contribution is 0.0929. The van der Waals surface area contributed by atoms with Crippen molar-refractivity contribution >= 4 is 15.9 Å². The van der Waals surface area contributed by atoms with E-state index in [4.69, 9.17) is 14.2 Å². The number of ether oxygens (including phenoxy) is 3. The Hall–Kier alpha value is -3.79. The Balaban J connectivity index is 1.32. The summed E-state index contributed by atoms with van der Waals surface area (Å²) in [5.41, 5.74) is 0.257. The molecular formula is C25H26N2O7S. The third kappa shape index (κ3) is 6.02. The van der Waals surface area contributed by atoms with E-state index in [1.807, 2.05) is 0 Å². The minimum absolute atomic E-state index is 0.135. The molecule has 2 heterocycles. The van der Waals surface area contributed by atoms with Gasteiger partial charge in [0, 0.05) is 50.1 Å². The molecule has 1 aromatic heterocycles. The second-order valence-corrected chi connectivity index (χ2v) is 10.2. The molecule has 35 heavy (non-hydrogen) atoms. The highest BCUT2D eigenvalue weighted by Gasteiger charge is 2.25. The summed E-state index contributed by atoms with van der Waals surface area (Å²) in [5, 5.41) is 0. The summed E-state index contributed by atoms with van der Waals surface area (Å²) in [5.74, 6) is 1.57. The van der Waals surface area contributed by atoms with Crippen molar-refractivity contribution < 1.29 is 27.4 Å². The first-order valence-corrected chi connectivity index (χ1v) is 12.9. The van der Waals surface area contributed by atoms with Crippen LogP contribution in [0.2, 0.25) is 0 Å². The fraction of sp³-hybridized carbons (Fsp3) is 0.280. The monoisotopic (exact) mass is 498 g/mol. The van der Waals surface area contributed by atoms with Gasteiger partial charge in [0.15, 0.2) is 9.84 Å². The molecule has 0 spiro atoms. The summed E-state index contributed by atoms with van der Waals surface area (Å²) in [4.78, 5) is 26.9. The van der Waals surface area contributed by atoms with Crippen molar-refractivity contribution in [1.82, 2.24) is 9.47 Å². The zero-order valence-corrected chi connectivity index (χ0v) is 20.2. The zero-order chi connectivity index (χ0) is 25.0. The Bertz CT molecular complexity index is 1340. The first-order valence-electron chi connectivity index (χ1n) is 11.0. The van der Waals surface area contributed by atoms with E-state index in [0.717, 1.165) is 6.26 Å². The van der Waals surface area contributed by atoms with Crippen LogP contribution in [-0.2, 0) is 9.84 Å². The molecule has 1 amide bonds. The van der Waals surface area contributed by atoms with Gasteiger partial charge in [0.1, 0.15) is 23.4 Å². The van der Waals surface area contributed by atoms with E-state index >= 15 is 0 Å². The van der Waals surface area contributed by atoms with Crippen molar-refractivity contribution in [3.05, 3.63) is 77.2 Å². The molecule has 0 atom stereocenters. The van der Waals surface area contributed by atoms with Crippen molar-refractivity contribution in [1.29, 1.82) is 0 Å². The number of amides is 1. The fourth-order valence-electron chi connectivity index (χ4n) is 3.76. The number of aromatic nitrogens is 1. The third-order valence-corrected chi connectivity index (χ3v) is 6.83. The topological polar surface area (TPSA) is 104 Å². The number of rotatable bonds is 6. The molecule has 0 radical (unpaired) electrons. The molecule has 1 aliphatic rings. The first kappa shape index (κ1) is 24.3. The molecule has 3 aromatic rings. The highest BCUT2D eigenvalue weighted by Crippen LogP contribution is 2.21. The van der Waals surface area contributed by atoms with Crippen LogP contribution in [0.4, 0.5) is 4.79 Å². The summed E-state index contributed by atoms with van der Waals surface area (Å²) >= 11 is 0. The lowest BCUT2D eigenvalue weighted by Crippen LogP contribution is -2.43. The molecule has 4 rings (SSSR count). The van der Waals surface area contributed by atoms with Crippen molar-refractivity contribution in [2.24, 2.45) is 0 Å². The Labute approximate surface area is 203 Å². The van der Waals surface area contributed by atoms with Crippen LogP contribution in [0.5, 0.6) is 17.2 Å². The van der Waals surface area contributed by atoms with Gasteiger partial charge in [-0.1, -0.05) is 0 Å². The number of nitrogens with zero attached hydrogens (tertiary/aromatic N) is 2. The van der Waals surface area contributed by atoms with Gasteiger partial charge in [0.25, 0.3) is 5.56 Å². The average molecular weight is 499 g/mol. The SMILES string of the molecule is COc1ccc(OC(=O)N2CCC(Oc3ccn(-c4ccc(S(C)(=O)=O)cc4)c(=O)c3)CC2)cc1. The molecular weight excluding hydrogens is 472 g/mol. The molecule has 184 valence electrons. The maximum absolute atomic E-state index is 12.6. The summed E-state index contributed by atoms with van der Waals surface area (Å²) in [6.45, 7) is 0.951. The Kier molecular flexibility index (Phi) is 7.11. The normalized spacial score (nSPS) is 14.4. The van der Waals surface area contributed by atoms with Crippen LogP contribution in [0.3, 0.4) is 0 Å². The van der Waals surface area contributed by atoms with Crippen LogP contribution in [0, 0.1) is 0 Å². The number of pyridine rings is 1. The second kappa shape index (κ2) is 10.2. The maximum atomic E-state index is 12.6. The van der Waals surface area contributed by atoms with Crippen molar-refractivity contribution in [2.75, 3.05) is 26.5 Å². The average Bonchev–Trinajstić information content (AvgIpc) is 2.84. The third-order valence-electron chi connectivity index (χ3n) is 5.70. The molecule has 1 saturated heterocycles. The number of likely N-dealkylation sites (tertiary alicyclic amines) is 1. The van der Waals surface area contributed by atoms with E-state index in [2.05, 4.69) is 0 Å². The highest BCUT2D eigenvalue weighted by molar-refractivity contribution is 7.90. The fourth-order valence-corrected chi connectivity index (χ4v) is 4.39. The van der Waals surface area contributed by atoms with Gasteiger partial charge in [-0.3, -0.25) is 9.36 Å². The lowest BCUT2D eigenvalue weighted by atomic mass is 10.1. The standard InChI is InChI=1S/C25H26N2O7S/c1-32-19-5-7-20(8-6-19)34-25(29)26-14-11-21(12-15-26)33-22-13-16-27(24(28)17-22)18-3-9-23(10-4-18)35(2,30)31/h3-10,13,16-17,21H,11-12,14-15H2,1-2H3. The number of sulfone groups is 1. The van der Waals surface area contributed by atoms with Gasteiger partial charge in [-0.05, 0) is 54.6 Å². The van der Waals surface area contributed by atoms with Gasteiger partial charge in [-0.25, -0.2) is 13.2 Å². The van der Waals surface area contributed by atoms with Crippen molar-refractivity contribution in [3.8, 4) is 22.9 Å². The number of carbonyl (C=O) groups is 1. The predicted molar refractivity (Wildman–Crippen MR) is 129 cm³/mol. The van der Waals surface area contributed by atoms with Crippen LogP contribution < -0.4 is 19.8 Å². The molecule has 9 nitrogen and oxygen atoms in total. The minimum Gasteiger partial charge on any atom is -0.497 e. The summed E-state index contributed by atoms with van der Waals surface area (Å²) in [7, 11) is -1.74. The van der Waals surface area contributed by atoms with E-state index in [-0.39, 0.29) is 16.6 Å². The van der Waals surface area contributed by atoms with Gasteiger partial charge < -0.3 is 19.1 Å². The van der Waals surface area contributed by atoms with E-state index in [0.29, 0.717) is 48.9 Å². The molecule has 0 aliphatic carbocycles. The van der Waals surface area contributed by atoms with Crippen molar-refractivity contribution in [2.45, 2.75) is 23.8 Å². The van der Waals surface area contributed by atoms with E-state index in [1.165, 1.54) is 22.8 Å². The Morgan fingerprint density at radius 2 is 1.54 bits per heavy atom. The van der Waals surface area contributed by atoms with Crippen LogP contribution >= 0.6 is 0 Å². The van der Waals surface area contributed by atoms with Crippen LogP contribution in [0.25, 0.3) is 5.69 Å². The molecule has 0 saturated carbocycles. The number of carbonyl (C=O) groups excluding carboxylic acids is 1. The number of methoxy groups -OCH3 is 1. The number of benzene rings is 2. The summed E-state index contributed by atoms with van der Waals surface area (Å²) in [6, 6.07) is 16.0. The van der Waals surface area contributed by atoms with Gasteiger partial charge in [0.05, 0.1) is 12.0 Å². The summed E-state index contributed by atoms with van der Waals surface area (Å²) < 4.78 is 41.2. The maximum Gasteiger partial charge on any atom is 0.415 e. The number of hydrogen-bond acceptors (Lipinski definition) is 7. The predicted octanol–water partition coefficient (Wildman–Crippen LogP) is 3.29. The first-order chi connectivity index (χ1) is 16.7. The molecule has 0 unspecified atom stereocenters. The van der Waals surface area contributed by atoms with Gasteiger partial charge in [0.2, 0.25) is 0 Å². The van der Waals surface area contributed by atoms with Gasteiger partial charge in [-0.15, -0.1) is 0 Å². The van der Waals surface area contributed by atoms with E-state index in [1.54, 1.807) is 60.7 Å². The largest absolute Gasteiger partial charge is 0.497 e. The summed E-state index contributed by atoms with van der Waals surface area (Å²) in [6.07, 6.45) is 3.38. The highest BCUT2D eigenvalue weighted by atomic mass is 32.2. The number of hydrogen-bond donors (Lipinski definition) is 0. The Morgan fingerprint density at radius 3 is 2.11 bits per heavy atom. The quantitative estimate of drug-likeness (QED) is 0.514. The van der Waals surface area contributed by atoms with Gasteiger partial charge in [-0.2, -0.15) is 0 Å². The minimum atomic E-state index is -3.31.